The van der Waals surface area contributed by atoms with E-state index in [1.807, 2.05) is 47.8 Å². The van der Waals surface area contributed by atoms with Crippen molar-refractivity contribution in [3.05, 3.63) is 48.5 Å². The third kappa shape index (κ3) is 6.04. The van der Waals surface area contributed by atoms with Gasteiger partial charge >= 0.3 is 0 Å². The summed E-state index contributed by atoms with van der Waals surface area (Å²) in [4.78, 5) is 2.47. The van der Waals surface area contributed by atoms with Gasteiger partial charge in [-0.3, -0.25) is 0 Å². The molecular formula is C19H24O2S2. The minimum atomic E-state index is 0.976. The molecule has 124 valence electrons. The lowest BCUT2D eigenvalue weighted by atomic mass is 10.3. The Morgan fingerprint density at radius 2 is 1.09 bits per heavy atom. The summed E-state index contributed by atoms with van der Waals surface area (Å²) in [5, 5.41) is 0. The highest BCUT2D eigenvalue weighted by atomic mass is 32.2. The number of para-hydroxylation sites is 2. The molecule has 0 unspecified atom stereocenters. The van der Waals surface area contributed by atoms with Gasteiger partial charge in [0.25, 0.3) is 0 Å². The van der Waals surface area contributed by atoms with E-state index < -0.39 is 0 Å². The molecule has 0 aromatic heterocycles. The first-order valence-electron chi connectivity index (χ1n) is 7.87. The summed E-state index contributed by atoms with van der Waals surface area (Å²) in [5.41, 5.74) is 0. The van der Waals surface area contributed by atoms with E-state index in [-0.39, 0.29) is 0 Å². The molecular weight excluding hydrogens is 324 g/mol. The molecule has 0 fully saturated rings. The van der Waals surface area contributed by atoms with Crippen LogP contribution < -0.4 is 9.47 Å². The number of thioether (sulfide) groups is 2. The normalized spacial score (nSPS) is 10.5. The second kappa shape index (κ2) is 10.5. The second-order valence-electron chi connectivity index (χ2n) is 5.06. The summed E-state index contributed by atoms with van der Waals surface area (Å²) >= 11 is 3.76. The lowest BCUT2D eigenvalue weighted by Crippen LogP contribution is -1.89. The summed E-state index contributed by atoms with van der Waals surface area (Å²) in [6.45, 7) is 0. The standard InChI is InChI=1S/C19H24O2S2/c1-20-16-10-4-6-12-18(16)22-14-8-3-9-15-23-19-13-7-5-11-17(19)21-2/h4-7,10-13H,3,8-9,14-15H2,1-2H3. The molecule has 2 aromatic rings. The Morgan fingerprint density at radius 3 is 1.52 bits per heavy atom. The monoisotopic (exact) mass is 348 g/mol. The Bertz CT molecular complexity index is 536. The minimum Gasteiger partial charge on any atom is -0.496 e. The van der Waals surface area contributed by atoms with E-state index in [1.165, 1.54) is 29.1 Å². The molecule has 0 aliphatic carbocycles. The number of ether oxygens (including phenoxy) is 2. The van der Waals surface area contributed by atoms with E-state index in [0.717, 1.165) is 23.0 Å². The van der Waals surface area contributed by atoms with Crippen LogP contribution in [0, 0.1) is 0 Å². The van der Waals surface area contributed by atoms with Gasteiger partial charge < -0.3 is 9.47 Å². The fraction of sp³-hybridized carbons (Fsp3) is 0.368. The van der Waals surface area contributed by atoms with E-state index in [0.29, 0.717) is 0 Å². The van der Waals surface area contributed by atoms with Crippen molar-refractivity contribution in [1.82, 2.24) is 0 Å². The maximum Gasteiger partial charge on any atom is 0.132 e. The molecule has 2 rings (SSSR count). The predicted octanol–water partition coefficient (Wildman–Crippen LogP) is 5.76. The topological polar surface area (TPSA) is 18.5 Å². The Morgan fingerprint density at radius 1 is 0.652 bits per heavy atom. The summed E-state index contributed by atoms with van der Waals surface area (Å²) < 4.78 is 10.8. The molecule has 0 amide bonds. The average Bonchev–Trinajstić information content (AvgIpc) is 2.61. The Hall–Kier alpha value is -1.26. The summed E-state index contributed by atoms with van der Waals surface area (Å²) in [7, 11) is 3.46. The van der Waals surface area contributed by atoms with Gasteiger partial charge in [-0.1, -0.05) is 30.7 Å². The second-order valence-corrected chi connectivity index (χ2v) is 7.33. The van der Waals surface area contributed by atoms with Gasteiger partial charge in [0, 0.05) is 9.79 Å². The van der Waals surface area contributed by atoms with Crippen molar-refractivity contribution < 1.29 is 9.47 Å². The minimum absolute atomic E-state index is 0.976. The van der Waals surface area contributed by atoms with Crippen molar-refractivity contribution in [1.29, 1.82) is 0 Å². The molecule has 0 saturated carbocycles. The quantitative estimate of drug-likeness (QED) is 0.401. The van der Waals surface area contributed by atoms with Crippen molar-refractivity contribution in [3.8, 4) is 11.5 Å². The highest BCUT2D eigenvalue weighted by Gasteiger charge is 2.03. The third-order valence-electron chi connectivity index (χ3n) is 3.44. The molecule has 0 saturated heterocycles. The lowest BCUT2D eigenvalue weighted by molar-refractivity contribution is 0.404. The fourth-order valence-corrected chi connectivity index (χ4v) is 4.29. The van der Waals surface area contributed by atoms with E-state index >= 15 is 0 Å². The molecule has 0 aliphatic heterocycles. The number of rotatable bonds is 10. The maximum atomic E-state index is 5.38. The zero-order valence-corrected chi connectivity index (χ0v) is 15.4. The number of hydrogen-bond donors (Lipinski definition) is 0. The van der Waals surface area contributed by atoms with E-state index in [1.54, 1.807) is 14.2 Å². The van der Waals surface area contributed by atoms with Crippen LogP contribution in [0.2, 0.25) is 0 Å². The molecule has 4 heteroatoms. The van der Waals surface area contributed by atoms with Crippen LogP contribution in [-0.4, -0.2) is 25.7 Å². The van der Waals surface area contributed by atoms with Crippen molar-refractivity contribution in [3.63, 3.8) is 0 Å². The molecule has 0 N–H and O–H groups in total. The van der Waals surface area contributed by atoms with Crippen LogP contribution in [-0.2, 0) is 0 Å². The highest BCUT2D eigenvalue weighted by molar-refractivity contribution is 7.99. The molecule has 0 bridgehead atoms. The van der Waals surface area contributed by atoms with Crippen molar-refractivity contribution in [2.24, 2.45) is 0 Å². The largest absolute Gasteiger partial charge is 0.496 e. The Kier molecular flexibility index (Phi) is 8.26. The zero-order chi connectivity index (χ0) is 16.3. The zero-order valence-electron chi connectivity index (χ0n) is 13.8. The number of benzene rings is 2. The summed E-state index contributed by atoms with van der Waals surface area (Å²) in [6, 6.07) is 16.4. The Balaban J connectivity index is 1.61. The number of methoxy groups -OCH3 is 2. The molecule has 0 heterocycles. The highest BCUT2D eigenvalue weighted by Crippen LogP contribution is 2.31. The van der Waals surface area contributed by atoms with Gasteiger partial charge in [0.2, 0.25) is 0 Å². The smallest absolute Gasteiger partial charge is 0.132 e. The van der Waals surface area contributed by atoms with Crippen molar-refractivity contribution >= 4 is 23.5 Å². The van der Waals surface area contributed by atoms with Crippen LogP contribution in [0.15, 0.2) is 58.3 Å². The van der Waals surface area contributed by atoms with Gasteiger partial charge in [-0.05, 0) is 48.6 Å². The van der Waals surface area contributed by atoms with Crippen LogP contribution in [0.5, 0.6) is 11.5 Å². The van der Waals surface area contributed by atoms with Crippen LogP contribution >= 0.6 is 23.5 Å². The van der Waals surface area contributed by atoms with Crippen LogP contribution in [0.4, 0.5) is 0 Å². The van der Waals surface area contributed by atoms with Gasteiger partial charge in [0.1, 0.15) is 11.5 Å². The summed E-state index contributed by atoms with van der Waals surface area (Å²) in [5.74, 6) is 4.23. The average molecular weight is 349 g/mol. The molecule has 0 aliphatic rings. The first kappa shape index (κ1) is 18.1. The van der Waals surface area contributed by atoms with E-state index in [2.05, 4.69) is 24.3 Å². The molecule has 0 atom stereocenters. The van der Waals surface area contributed by atoms with Gasteiger partial charge in [-0.2, -0.15) is 0 Å². The van der Waals surface area contributed by atoms with Crippen LogP contribution in [0.3, 0.4) is 0 Å². The molecule has 2 nitrogen and oxygen atoms in total. The van der Waals surface area contributed by atoms with Crippen LogP contribution in [0.25, 0.3) is 0 Å². The predicted molar refractivity (Wildman–Crippen MR) is 101 cm³/mol. The number of unbranched alkanes of at least 4 members (excludes halogenated alkanes) is 2. The van der Waals surface area contributed by atoms with Crippen LogP contribution in [0.1, 0.15) is 19.3 Å². The van der Waals surface area contributed by atoms with Gasteiger partial charge in [0.15, 0.2) is 0 Å². The van der Waals surface area contributed by atoms with E-state index in [4.69, 9.17) is 9.47 Å². The van der Waals surface area contributed by atoms with Crippen molar-refractivity contribution in [2.45, 2.75) is 29.1 Å². The molecule has 23 heavy (non-hydrogen) atoms. The Labute approximate surface area is 148 Å². The molecule has 2 aromatic carbocycles. The first-order chi connectivity index (χ1) is 11.3. The lowest BCUT2D eigenvalue weighted by Gasteiger charge is -2.08. The number of hydrogen-bond acceptors (Lipinski definition) is 4. The molecule has 0 spiro atoms. The third-order valence-corrected chi connectivity index (χ3v) is 5.72. The first-order valence-corrected chi connectivity index (χ1v) is 9.84. The van der Waals surface area contributed by atoms with Gasteiger partial charge in [-0.15, -0.1) is 23.5 Å². The summed E-state index contributed by atoms with van der Waals surface area (Å²) in [6.07, 6.45) is 3.72. The van der Waals surface area contributed by atoms with Gasteiger partial charge in [-0.25, -0.2) is 0 Å². The molecule has 0 radical (unpaired) electrons. The van der Waals surface area contributed by atoms with Gasteiger partial charge in [0.05, 0.1) is 14.2 Å². The fourth-order valence-electron chi connectivity index (χ4n) is 2.22. The SMILES string of the molecule is COc1ccccc1SCCCCCSc1ccccc1OC. The maximum absolute atomic E-state index is 5.38. The van der Waals surface area contributed by atoms with E-state index in [9.17, 15) is 0 Å². The van der Waals surface area contributed by atoms with Crippen molar-refractivity contribution in [2.75, 3.05) is 25.7 Å².